The zero-order chi connectivity index (χ0) is 10.7. The summed E-state index contributed by atoms with van der Waals surface area (Å²) in [4.78, 5) is 2.45. The second-order valence-electron chi connectivity index (χ2n) is 4.75. The molecule has 0 aromatic heterocycles. The number of nitrogens with zero attached hydrogens (tertiary/aromatic N) is 1. The number of nitrogens with two attached hydrogens (primary N) is 1. The molecule has 4 nitrogen and oxygen atoms in total. The van der Waals surface area contributed by atoms with Crippen molar-refractivity contribution in [3.8, 4) is 0 Å². The van der Waals surface area contributed by atoms with Crippen molar-refractivity contribution < 1.29 is 9.84 Å². The number of hydrogen-bond donors (Lipinski definition) is 2. The summed E-state index contributed by atoms with van der Waals surface area (Å²) in [6.07, 6.45) is 4.79. The molecule has 88 valence electrons. The maximum atomic E-state index is 9.08. The third-order valence-electron chi connectivity index (χ3n) is 3.58. The van der Waals surface area contributed by atoms with Gasteiger partial charge in [0.25, 0.3) is 0 Å². The van der Waals surface area contributed by atoms with E-state index in [4.69, 9.17) is 15.6 Å². The van der Waals surface area contributed by atoms with Crippen LogP contribution in [0.4, 0.5) is 0 Å². The molecule has 0 radical (unpaired) electrons. The fourth-order valence-corrected chi connectivity index (χ4v) is 2.72. The average Bonchev–Trinajstić information content (AvgIpc) is 2.29. The molecule has 1 saturated carbocycles. The van der Waals surface area contributed by atoms with E-state index in [1.807, 2.05) is 0 Å². The zero-order valence-electron chi connectivity index (χ0n) is 9.27. The van der Waals surface area contributed by atoms with Gasteiger partial charge in [0.2, 0.25) is 0 Å². The van der Waals surface area contributed by atoms with Crippen LogP contribution in [-0.2, 0) is 4.74 Å². The summed E-state index contributed by atoms with van der Waals surface area (Å²) in [7, 11) is 0. The normalized spacial score (nSPS) is 39.2. The van der Waals surface area contributed by atoms with Gasteiger partial charge in [-0.3, -0.25) is 4.90 Å². The first-order valence-corrected chi connectivity index (χ1v) is 6.01. The number of hydrogen-bond acceptors (Lipinski definition) is 4. The van der Waals surface area contributed by atoms with E-state index in [-0.39, 0.29) is 12.7 Å². The second kappa shape index (κ2) is 5.25. The van der Waals surface area contributed by atoms with E-state index < -0.39 is 0 Å². The minimum Gasteiger partial charge on any atom is -0.394 e. The number of ether oxygens (including phenoxy) is 1. The molecule has 0 amide bonds. The predicted octanol–water partition coefficient (Wildman–Crippen LogP) is -0.0506. The molecule has 0 aromatic rings. The van der Waals surface area contributed by atoms with Crippen molar-refractivity contribution in [2.45, 2.75) is 43.9 Å². The van der Waals surface area contributed by atoms with Gasteiger partial charge < -0.3 is 15.6 Å². The van der Waals surface area contributed by atoms with Crippen LogP contribution in [0, 0.1) is 0 Å². The highest BCUT2D eigenvalue weighted by molar-refractivity contribution is 4.84. The number of rotatable bonds is 2. The van der Waals surface area contributed by atoms with Crippen molar-refractivity contribution in [3.05, 3.63) is 0 Å². The molecule has 1 saturated heterocycles. The van der Waals surface area contributed by atoms with Crippen LogP contribution in [0.3, 0.4) is 0 Å². The van der Waals surface area contributed by atoms with Crippen molar-refractivity contribution in [3.63, 3.8) is 0 Å². The minimum absolute atomic E-state index is 0.0110. The van der Waals surface area contributed by atoms with Crippen LogP contribution in [-0.4, -0.2) is 54.5 Å². The average molecular weight is 214 g/mol. The maximum Gasteiger partial charge on any atom is 0.0932 e. The molecule has 1 heterocycles. The SMILES string of the molecule is NC1CCCC(N2CCOC(CO)C2)C1. The molecule has 2 fully saturated rings. The van der Waals surface area contributed by atoms with Gasteiger partial charge in [-0.2, -0.15) is 0 Å². The smallest absolute Gasteiger partial charge is 0.0932 e. The number of aliphatic hydroxyl groups excluding tert-OH is 1. The van der Waals surface area contributed by atoms with E-state index in [1.165, 1.54) is 19.3 Å². The Morgan fingerprint density at radius 1 is 1.40 bits per heavy atom. The summed E-state index contributed by atoms with van der Waals surface area (Å²) in [5, 5.41) is 9.08. The van der Waals surface area contributed by atoms with Crippen LogP contribution in [0.2, 0.25) is 0 Å². The highest BCUT2D eigenvalue weighted by Crippen LogP contribution is 2.23. The van der Waals surface area contributed by atoms with Gasteiger partial charge in [0.05, 0.1) is 19.3 Å². The number of aliphatic hydroxyl groups is 1. The van der Waals surface area contributed by atoms with E-state index in [9.17, 15) is 0 Å². The van der Waals surface area contributed by atoms with E-state index >= 15 is 0 Å². The van der Waals surface area contributed by atoms with Crippen LogP contribution in [0.1, 0.15) is 25.7 Å². The Morgan fingerprint density at radius 2 is 2.27 bits per heavy atom. The topological polar surface area (TPSA) is 58.7 Å². The standard InChI is InChI=1S/C11H22N2O2/c12-9-2-1-3-10(6-9)13-4-5-15-11(7-13)8-14/h9-11,14H,1-8,12H2. The first-order chi connectivity index (χ1) is 7.29. The molecule has 0 bridgehead atoms. The highest BCUT2D eigenvalue weighted by Gasteiger charge is 2.29. The lowest BCUT2D eigenvalue weighted by Crippen LogP contribution is -2.51. The Hall–Kier alpha value is -0.160. The van der Waals surface area contributed by atoms with Crippen molar-refractivity contribution in [2.75, 3.05) is 26.3 Å². The first-order valence-electron chi connectivity index (χ1n) is 6.01. The lowest BCUT2D eigenvalue weighted by molar-refractivity contribution is -0.0691. The first kappa shape index (κ1) is 11.3. The summed E-state index contributed by atoms with van der Waals surface area (Å²) >= 11 is 0. The number of morpholine rings is 1. The fourth-order valence-electron chi connectivity index (χ4n) is 2.72. The Kier molecular flexibility index (Phi) is 3.97. The molecule has 3 unspecified atom stereocenters. The van der Waals surface area contributed by atoms with Gasteiger partial charge in [-0.05, 0) is 19.3 Å². The van der Waals surface area contributed by atoms with Gasteiger partial charge in [0, 0.05) is 25.2 Å². The molecule has 2 rings (SSSR count). The summed E-state index contributed by atoms with van der Waals surface area (Å²) < 4.78 is 5.45. The van der Waals surface area contributed by atoms with Crippen molar-refractivity contribution >= 4 is 0 Å². The molecule has 0 aromatic carbocycles. The summed E-state index contributed by atoms with van der Waals surface area (Å²) in [6.45, 7) is 2.74. The molecular weight excluding hydrogens is 192 g/mol. The molecule has 4 heteroatoms. The van der Waals surface area contributed by atoms with Gasteiger partial charge in [-0.25, -0.2) is 0 Å². The molecule has 1 aliphatic carbocycles. The summed E-state index contributed by atoms with van der Waals surface area (Å²) in [6, 6.07) is 0.992. The lowest BCUT2D eigenvalue weighted by atomic mass is 9.90. The molecule has 3 N–H and O–H groups in total. The second-order valence-corrected chi connectivity index (χ2v) is 4.75. The predicted molar refractivity (Wildman–Crippen MR) is 58.6 cm³/mol. The van der Waals surface area contributed by atoms with E-state index in [2.05, 4.69) is 4.90 Å². The quantitative estimate of drug-likeness (QED) is 0.676. The largest absolute Gasteiger partial charge is 0.394 e. The van der Waals surface area contributed by atoms with Crippen LogP contribution in [0.5, 0.6) is 0 Å². The zero-order valence-corrected chi connectivity index (χ0v) is 9.27. The Bertz CT molecular complexity index is 201. The molecular formula is C11H22N2O2. The van der Waals surface area contributed by atoms with E-state index in [0.717, 1.165) is 26.1 Å². The molecule has 2 aliphatic rings. The van der Waals surface area contributed by atoms with Gasteiger partial charge in [-0.15, -0.1) is 0 Å². The lowest BCUT2D eigenvalue weighted by Gasteiger charge is -2.40. The van der Waals surface area contributed by atoms with Crippen molar-refractivity contribution in [1.82, 2.24) is 4.90 Å². The van der Waals surface area contributed by atoms with Crippen LogP contribution >= 0.6 is 0 Å². The third kappa shape index (κ3) is 2.91. The van der Waals surface area contributed by atoms with E-state index in [0.29, 0.717) is 12.1 Å². The molecule has 3 atom stereocenters. The van der Waals surface area contributed by atoms with Gasteiger partial charge in [0.1, 0.15) is 0 Å². The summed E-state index contributed by atoms with van der Waals surface area (Å²) in [5.41, 5.74) is 5.99. The van der Waals surface area contributed by atoms with Crippen LogP contribution in [0.15, 0.2) is 0 Å². The van der Waals surface area contributed by atoms with E-state index in [1.54, 1.807) is 0 Å². The minimum atomic E-state index is 0.0110. The van der Waals surface area contributed by atoms with Gasteiger partial charge >= 0.3 is 0 Å². The molecule has 1 aliphatic heterocycles. The monoisotopic (exact) mass is 214 g/mol. The highest BCUT2D eigenvalue weighted by atomic mass is 16.5. The molecule has 0 spiro atoms. The Morgan fingerprint density at radius 3 is 3.00 bits per heavy atom. The van der Waals surface area contributed by atoms with Gasteiger partial charge in [-0.1, -0.05) is 6.42 Å². The van der Waals surface area contributed by atoms with Crippen molar-refractivity contribution in [1.29, 1.82) is 0 Å². The van der Waals surface area contributed by atoms with Crippen LogP contribution in [0.25, 0.3) is 0 Å². The summed E-state index contributed by atoms with van der Waals surface area (Å²) in [5.74, 6) is 0. The van der Waals surface area contributed by atoms with Gasteiger partial charge in [0.15, 0.2) is 0 Å². The maximum absolute atomic E-state index is 9.08. The Labute approximate surface area is 91.4 Å². The van der Waals surface area contributed by atoms with Crippen LogP contribution < -0.4 is 5.73 Å². The molecule has 15 heavy (non-hydrogen) atoms. The van der Waals surface area contributed by atoms with Crippen molar-refractivity contribution in [2.24, 2.45) is 5.73 Å². The third-order valence-corrected chi connectivity index (χ3v) is 3.58. The fraction of sp³-hybridized carbons (Fsp3) is 1.00. The Balaban J connectivity index is 1.86.